The molecule has 0 unspecified atom stereocenters. The lowest BCUT2D eigenvalue weighted by molar-refractivity contribution is 0.0669. The second-order valence-electron chi connectivity index (χ2n) is 7.50. The zero-order valence-corrected chi connectivity index (χ0v) is 17.2. The molecule has 1 spiro atoms. The molecule has 1 aromatic carbocycles. The normalized spacial score (nSPS) is 18.6. The van der Waals surface area contributed by atoms with Crippen molar-refractivity contribution in [3.05, 3.63) is 40.7 Å². The smallest absolute Gasteiger partial charge is 0.302 e. The Labute approximate surface area is 182 Å². The molecule has 4 rings (SSSR count). The number of hydrogen-bond donors (Lipinski definition) is 5. The van der Waals surface area contributed by atoms with Gasteiger partial charge in [-0.3, -0.25) is 9.59 Å². The third kappa shape index (κ3) is 4.17. The van der Waals surface area contributed by atoms with Gasteiger partial charge in [0, 0.05) is 25.2 Å². The van der Waals surface area contributed by atoms with Gasteiger partial charge in [-0.1, -0.05) is 11.6 Å². The molecule has 1 aromatic heterocycles. The number of amides is 2. The highest BCUT2D eigenvalue weighted by Gasteiger charge is 2.40. The maximum absolute atomic E-state index is 12.7. The van der Waals surface area contributed by atoms with Crippen LogP contribution in [0.15, 0.2) is 29.3 Å². The number of nitrogen functional groups attached to an aromatic ring is 2. The molecule has 2 saturated heterocycles. The summed E-state index contributed by atoms with van der Waals surface area (Å²) >= 11 is 5.82. The summed E-state index contributed by atoms with van der Waals surface area (Å²) in [6, 6.07) is 6.19. The molecule has 162 valence electrons. The fraction of sp³-hybridized carbons (Fsp3) is 0.316. The predicted molar refractivity (Wildman–Crippen MR) is 115 cm³/mol. The number of nitrogens with two attached hydrogens (primary N) is 2. The van der Waals surface area contributed by atoms with Crippen molar-refractivity contribution in [2.24, 2.45) is 4.99 Å². The first-order chi connectivity index (χ1) is 14.8. The van der Waals surface area contributed by atoms with E-state index in [1.165, 1.54) is 12.1 Å². The Hall–Kier alpha value is -3.60. The number of hydrogen-bond acceptors (Lipinski definition) is 7. The van der Waals surface area contributed by atoms with Crippen LogP contribution in [0.4, 0.5) is 11.6 Å². The molecule has 0 atom stereocenters. The van der Waals surface area contributed by atoms with Gasteiger partial charge >= 0.3 is 5.91 Å². The summed E-state index contributed by atoms with van der Waals surface area (Å²) in [5.74, 6) is -0.570. The van der Waals surface area contributed by atoms with Crippen molar-refractivity contribution in [3.63, 3.8) is 0 Å². The average molecular weight is 445 g/mol. The lowest BCUT2D eigenvalue weighted by Crippen LogP contribution is -2.53. The van der Waals surface area contributed by atoms with Crippen LogP contribution in [0.1, 0.15) is 33.7 Å². The minimum Gasteiger partial charge on any atom is -0.508 e. The number of phenolic OH excluding ortho intramolecular Hbond substituents is 1. The van der Waals surface area contributed by atoms with Crippen LogP contribution in [-0.2, 0) is 0 Å². The van der Waals surface area contributed by atoms with E-state index in [4.69, 9.17) is 23.1 Å². The van der Waals surface area contributed by atoms with Crippen molar-refractivity contribution in [2.75, 3.05) is 31.1 Å². The van der Waals surface area contributed by atoms with Gasteiger partial charge in [0.2, 0.25) is 0 Å². The van der Waals surface area contributed by atoms with Gasteiger partial charge in [-0.05, 0) is 37.1 Å². The Balaban J connectivity index is 1.40. The molecule has 0 bridgehead atoms. The largest absolute Gasteiger partial charge is 0.508 e. The number of nitrogens with zero attached hydrogens (tertiary/aromatic N) is 4. The number of halogens is 1. The molecule has 0 aliphatic carbocycles. The molecule has 2 amide bonds. The molecule has 7 N–H and O–H groups in total. The first-order valence-electron chi connectivity index (χ1n) is 9.58. The molecular weight excluding hydrogens is 424 g/mol. The van der Waals surface area contributed by atoms with E-state index in [9.17, 15) is 14.7 Å². The maximum atomic E-state index is 12.7. The Bertz CT molecular complexity index is 1060. The summed E-state index contributed by atoms with van der Waals surface area (Å²) in [6.07, 6.45) is 1.35. The number of phenols is 1. The number of guanidine groups is 1. The molecule has 0 saturated carbocycles. The van der Waals surface area contributed by atoms with Crippen LogP contribution in [0.5, 0.6) is 5.75 Å². The number of aromatic nitrogens is 2. The summed E-state index contributed by atoms with van der Waals surface area (Å²) in [7, 11) is 0. The van der Waals surface area contributed by atoms with Crippen LogP contribution >= 0.6 is 11.6 Å². The standard InChI is InChI=1S/C19H21ClN8O3/c20-13-15(22)25-14(21)12(24-13)16(30)26-18-23-9-19(27-18)5-7-28(8-6-19)17(31)10-1-3-11(29)4-2-10/h1-4,29H,5-9H2,(H4,21,22,25)(H2,23,26,27,30). The molecule has 2 aromatic rings. The molecule has 12 heteroatoms. The summed E-state index contributed by atoms with van der Waals surface area (Å²) in [4.78, 5) is 38.5. The van der Waals surface area contributed by atoms with Gasteiger partial charge < -0.3 is 32.1 Å². The molecule has 11 nitrogen and oxygen atoms in total. The van der Waals surface area contributed by atoms with Gasteiger partial charge in [0.05, 0.1) is 5.54 Å². The van der Waals surface area contributed by atoms with Gasteiger partial charge in [0.15, 0.2) is 28.4 Å². The second-order valence-corrected chi connectivity index (χ2v) is 7.86. The number of carbonyl (C=O) groups is 2. The first-order valence-corrected chi connectivity index (χ1v) is 9.96. The van der Waals surface area contributed by atoms with Crippen molar-refractivity contribution in [1.29, 1.82) is 0 Å². The van der Waals surface area contributed by atoms with Crippen LogP contribution in [-0.4, -0.2) is 62.9 Å². The van der Waals surface area contributed by atoms with Crippen LogP contribution in [0, 0.1) is 0 Å². The van der Waals surface area contributed by atoms with E-state index < -0.39 is 5.91 Å². The minimum atomic E-state index is -0.695. The molecule has 3 heterocycles. The summed E-state index contributed by atoms with van der Waals surface area (Å²) in [5, 5.41) is 15.6. The van der Waals surface area contributed by atoms with E-state index in [0.29, 0.717) is 44.0 Å². The summed E-state index contributed by atoms with van der Waals surface area (Å²) in [5.41, 5.74) is 11.3. The number of aromatic hydroxyl groups is 1. The third-order valence-electron chi connectivity index (χ3n) is 5.42. The maximum Gasteiger partial charge on any atom is 0.302 e. The third-order valence-corrected chi connectivity index (χ3v) is 5.70. The molecule has 2 aliphatic rings. The van der Waals surface area contributed by atoms with Gasteiger partial charge in [-0.2, -0.15) is 4.99 Å². The highest BCUT2D eigenvalue weighted by Crippen LogP contribution is 2.26. The van der Waals surface area contributed by atoms with E-state index >= 15 is 0 Å². The molecule has 0 radical (unpaired) electrons. The van der Waals surface area contributed by atoms with E-state index in [1.807, 2.05) is 0 Å². The zero-order chi connectivity index (χ0) is 22.2. The summed E-state index contributed by atoms with van der Waals surface area (Å²) < 4.78 is 0. The summed E-state index contributed by atoms with van der Waals surface area (Å²) in [6.45, 7) is 1.65. The SMILES string of the molecule is Nc1nc(N)c(C(=O)/N=C2\NCC3(CCN(C(=O)c4ccc(O)cc4)CC3)N2)nc1Cl. The van der Waals surface area contributed by atoms with Gasteiger partial charge in [-0.25, -0.2) is 9.97 Å². The van der Waals surface area contributed by atoms with E-state index in [1.54, 1.807) is 17.0 Å². The van der Waals surface area contributed by atoms with Crippen LogP contribution in [0.3, 0.4) is 0 Å². The van der Waals surface area contributed by atoms with Crippen molar-refractivity contribution in [3.8, 4) is 5.75 Å². The van der Waals surface area contributed by atoms with Crippen molar-refractivity contribution in [2.45, 2.75) is 18.4 Å². The number of likely N-dealkylation sites (tertiary alicyclic amines) is 1. The van der Waals surface area contributed by atoms with Crippen LogP contribution < -0.4 is 22.1 Å². The van der Waals surface area contributed by atoms with Crippen molar-refractivity contribution < 1.29 is 14.7 Å². The highest BCUT2D eigenvalue weighted by atomic mass is 35.5. The molecular formula is C19H21ClN8O3. The molecule has 31 heavy (non-hydrogen) atoms. The number of carbonyl (C=O) groups excluding carboxylic acids is 2. The van der Waals surface area contributed by atoms with E-state index in [0.717, 1.165) is 0 Å². The van der Waals surface area contributed by atoms with Gasteiger partial charge in [-0.15, -0.1) is 0 Å². The highest BCUT2D eigenvalue weighted by molar-refractivity contribution is 6.31. The Kier molecular flexibility index (Phi) is 5.27. The Morgan fingerprint density at radius 3 is 2.48 bits per heavy atom. The average Bonchev–Trinajstić information content (AvgIpc) is 3.13. The first kappa shape index (κ1) is 20.7. The number of rotatable bonds is 2. The fourth-order valence-electron chi connectivity index (χ4n) is 3.64. The number of aliphatic imine (C=N–C) groups is 1. The minimum absolute atomic E-state index is 0.0620. The number of anilines is 2. The van der Waals surface area contributed by atoms with Crippen molar-refractivity contribution >= 4 is 41.0 Å². The van der Waals surface area contributed by atoms with Crippen LogP contribution in [0.2, 0.25) is 5.15 Å². The zero-order valence-electron chi connectivity index (χ0n) is 16.4. The number of benzene rings is 1. The predicted octanol–water partition coefficient (Wildman–Crippen LogP) is 0.364. The molecule has 2 aliphatic heterocycles. The topological polar surface area (TPSA) is 172 Å². The van der Waals surface area contributed by atoms with Crippen molar-refractivity contribution in [1.82, 2.24) is 25.5 Å². The van der Waals surface area contributed by atoms with Crippen LogP contribution in [0.25, 0.3) is 0 Å². The Morgan fingerprint density at radius 2 is 1.81 bits per heavy atom. The second kappa shape index (κ2) is 7.91. The fourth-order valence-corrected chi connectivity index (χ4v) is 3.77. The van der Waals surface area contributed by atoms with Gasteiger partial charge in [0.25, 0.3) is 5.91 Å². The quantitative estimate of drug-likeness (QED) is 0.438. The monoisotopic (exact) mass is 444 g/mol. The lowest BCUT2D eigenvalue weighted by atomic mass is 9.88. The lowest BCUT2D eigenvalue weighted by Gasteiger charge is -2.38. The van der Waals surface area contributed by atoms with E-state index in [2.05, 4.69) is 25.6 Å². The Morgan fingerprint density at radius 1 is 1.13 bits per heavy atom. The number of piperidine rings is 1. The number of nitrogens with one attached hydrogen (secondary N) is 2. The molecule has 2 fully saturated rings. The van der Waals surface area contributed by atoms with E-state index in [-0.39, 0.29) is 39.7 Å². The van der Waals surface area contributed by atoms with Gasteiger partial charge in [0.1, 0.15) is 5.75 Å².